The van der Waals surface area contributed by atoms with Crippen LogP contribution in [0.15, 0.2) is 41.1 Å². The fraction of sp³-hybridized carbons (Fsp3) is 0.348. The lowest BCUT2D eigenvalue weighted by molar-refractivity contribution is -0.123. The number of oxazole rings is 1. The predicted octanol–water partition coefficient (Wildman–Crippen LogP) is 3.97. The highest BCUT2D eigenvalue weighted by Gasteiger charge is 2.28. The average Bonchev–Trinajstić information content (AvgIpc) is 3.47. The van der Waals surface area contributed by atoms with Crippen molar-refractivity contribution in [2.24, 2.45) is 5.92 Å². The molecule has 0 radical (unpaired) electrons. The molecule has 1 aliphatic heterocycles. The van der Waals surface area contributed by atoms with Crippen LogP contribution >= 0.6 is 22.9 Å². The molecule has 12 heteroatoms. The van der Waals surface area contributed by atoms with Gasteiger partial charge in [-0.3, -0.25) is 9.52 Å². The third kappa shape index (κ3) is 6.41. The number of pyridine rings is 1. The largest absolute Gasteiger partial charge is 0.441 e. The molecule has 0 saturated carbocycles. The second-order valence-corrected chi connectivity index (χ2v) is 11.7. The summed E-state index contributed by atoms with van der Waals surface area (Å²) in [6, 6.07) is 5.31. The van der Waals surface area contributed by atoms with Crippen LogP contribution in [0.5, 0.6) is 0 Å². The second-order valence-electron chi connectivity index (χ2n) is 8.18. The van der Waals surface area contributed by atoms with Gasteiger partial charge in [0.1, 0.15) is 5.76 Å². The molecule has 0 bridgehead atoms. The van der Waals surface area contributed by atoms with E-state index in [9.17, 15) is 13.2 Å². The van der Waals surface area contributed by atoms with Crippen LogP contribution in [0.25, 0.3) is 17.5 Å². The van der Waals surface area contributed by atoms with Gasteiger partial charge in [-0.15, -0.1) is 11.3 Å². The molecule has 4 rings (SSSR count). The number of halogens is 1. The van der Waals surface area contributed by atoms with Gasteiger partial charge in [-0.25, -0.2) is 18.4 Å². The monoisotopic (exact) mass is 535 g/mol. The van der Waals surface area contributed by atoms with E-state index in [2.05, 4.69) is 14.7 Å². The van der Waals surface area contributed by atoms with Crippen LogP contribution in [0.1, 0.15) is 30.4 Å². The second kappa shape index (κ2) is 10.8. The Hall–Kier alpha value is -2.89. The van der Waals surface area contributed by atoms with Gasteiger partial charge in [-0.05, 0) is 37.1 Å². The zero-order valence-electron chi connectivity index (χ0n) is 19.1. The van der Waals surface area contributed by atoms with Gasteiger partial charge >= 0.3 is 0 Å². The van der Waals surface area contributed by atoms with Crippen LogP contribution in [0.3, 0.4) is 0 Å². The number of nitrogens with one attached hydrogen (secondary N) is 1. The van der Waals surface area contributed by atoms with Crippen LogP contribution in [0.2, 0.25) is 4.34 Å². The number of amides is 1. The number of aromatic nitrogens is 2. The van der Waals surface area contributed by atoms with Gasteiger partial charge < -0.3 is 15.1 Å². The van der Waals surface area contributed by atoms with Crippen LogP contribution in [-0.2, 0) is 21.2 Å². The Balaban J connectivity index is 1.30. The molecule has 0 aliphatic carbocycles. The smallest absolute Gasteiger partial charge is 0.238 e. The van der Waals surface area contributed by atoms with Crippen LogP contribution in [0, 0.1) is 5.92 Å². The summed E-state index contributed by atoms with van der Waals surface area (Å²) >= 11 is 7.21. The molecule has 0 atom stereocenters. The molecule has 0 aromatic carbocycles. The maximum Gasteiger partial charge on any atom is 0.238 e. The van der Waals surface area contributed by atoms with E-state index in [4.69, 9.17) is 21.8 Å². The van der Waals surface area contributed by atoms with Crippen molar-refractivity contribution in [3.8, 4) is 11.5 Å². The summed E-state index contributed by atoms with van der Waals surface area (Å²) in [7, 11) is -3.77. The van der Waals surface area contributed by atoms with Gasteiger partial charge in [0.25, 0.3) is 0 Å². The number of carbonyl (C=O) groups is 1. The molecular weight excluding hydrogens is 510 g/mol. The standard InChI is InChI=1S/C23H26ClN5O4S2/c1-2-17-14-27-23(33-17)16-12-19(25)21(26-13-16)29-9-7-15(8-10-29)22(30)28-35(31,32)11-3-4-18-5-6-20(24)34-18/h3-6,12-15H,2,7-11,25H2,1H3,(H,28,30). The Bertz CT molecular complexity index is 1330. The van der Waals surface area contributed by atoms with Crippen LogP contribution in [0.4, 0.5) is 11.5 Å². The highest BCUT2D eigenvalue weighted by Crippen LogP contribution is 2.30. The summed E-state index contributed by atoms with van der Waals surface area (Å²) in [6.45, 7) is 3.05. The zero-order valence-corrected chi connectivity index (χ0v) is 21.5. The Labute approximate surface area is 213 Å². The SMILES string of the molecule is CCc1cnc(-c2cnc(N3CCC(C(=O)NS(=O)(=O)CC=Cc4ccc(Cl)s4)CC3)c(N)c2)o1. The summed E-state index contributed by atoms with van der Waals surface area (Å²) < 4.78 is 33.1. The first-order valence-electron chi connectivity index (χ1n) is 11.2. The van der Waals surface area contributed by atoms with Crippen molar-refractivity contribution in [2.45, 2.75) is 26.2 Å². The minimum absolute atomic E-state index is 0.288. The van der Waals surface area contributed by atoms with Gasteiger partial charge in [-0.2, -0.15) is 0 Å². The lowest BCUT2D eigenvalue weighted by Gasteiger charge is -2.32. The number of hydrogen-bond donors (Lipinski definition) is 2. The minimum atomic E-state index is -3.77. The lowest BCUT2D eigenvalue weighted by Crippen LogP contribution is -2.43. The van der Waals surface area contributed by atoms with Crippen molar-refractivity contribution in [3.05, 3.63) is 51.6 Å². The first-order chi connectivity index (χ1) is 16.7. The molecule has 0 unspecified atom stereocenters. The van der Waals surface area contributed by atoms with Gasteiger partial charge in [0.05, 0.1) is 27.5 Å². The Kier molecular flexibility index (Phi) is 7.78. The highest BCUT2D eigenvalue weighted by molar-refractivity contribution is 7.90. The molecule has 35 heavy (non-hydrogen) atoms. The molecule has 1 fully saturated rings. The number of piperidine rings is 1. The normalized spacial score (nSPS) is 15.1. The molecule has 186 valence electrons. The molecule has 3 aromatic rings. The van der Waals surface area contributed by atoms with Crippen molar-refractivity contribution in [3.63, 3.8) is 0 Å². The van der Waals surface area contributed by atoms with Crippen molar-refractivity contribution in [1.82, 2.24) is 14.7 Å². The van der Waals surface area contributed by atoms with Gasteiger partial charge in [-0.1, -0.05) is 24.6 Å². The number of anilines is 2. The summed E-state index contributed by atoms with van der Waals surface area (Å²) in [5.74, 6) is 0.711. The van der Waals surface area contributed by atoms with Crippen molar-refractivity contribution >= 4 is 56.4 Å². The summed E-state index contributed by atoms with van der Waals surface area (Å²) in [6.07, 6.45) is 8.26. The third-order valence-electron chi connectivity index (χ3n) is 5.66. The fourth-order valence-electron chi connectivity index (χ4n) is 3.80. The fourth-order valence-corrected chi connectivity index (χ4v) is 5.70. The molecule has 1 aliphatic rings. The number of aryl methyl sites for hydroxylation is 1. The molecule has 9 nitrogen and oxygen atoms in total. The number of nitrogen functional groups attached to an aromatic ring is 1. The first-order valence-corrected chi connectivity index (χ1v) is 14.0. The Morgan fingerprint density at radius 3 is 2.71 bits per heavy atom. The topological polar surface area (TPSA) is 131 Å². The van der Waals surface area contributed by atoms with Crippen molar-refractivity contribution in [1.29, 1.82) is 0 Å². The van der Waals surface area contributed by atoms with E-state index >= 15 is 0 Å². The van der Waals surface area contributed by atoms with Gasteiger partial charge in [0.15, 0.2) is 5.82 Å². The number of sulfonamides is 1. The summed E-state index contributed by atoms with van der Waals surface area (Å²) in [5, 5.41) is 0. The third-order valence-corrected chi connectivity index (χ3v) is 8.00. The van der Waals surface area contributed by atoms with Gasteiger partial charge in [0, 0.05) is 36.5 Å². The van der Waals surface area contributed by atoms with Crippen LogP contribution < -0.4 is 15.4 Å². The summed E-state index contributed by atoms with van der Waals surface area (Å²) in [5.41, 5.74) is 7.44. The molecule has 3 aromatic heterocycles. The molecule has 1 saturated heterocycles. The van der Waals surface area contributed by atoms with Gasteiger partial charge in [0.2, 0.25) is 21.8 Å². The number of thiophene rings is 1. The molecule has 4 heterocycles. The molecule has 1 amide bonds. The zero-order chi connectivity index (χ0) is 25.0. The number of nitrogens with zero attached hydrogens (tertiary/aromatic N) is 3. The van der Waals surface area contributed by atoms with E-state index < -0.39 is 21.8 Å². The van der Waals surface area contributed by atoms with E-state index in [0.717, 1.165) is 17.1 Å². The van der Waals surface area contributed by atoms with Crippen molar-refractivity contribution in [2.75, 3.05) is 29.5 Å². The Morgan fingerprint density at radius 2 is 2.09 bits per heavy atom. The molecular formula is C23H26ClN5O4S2. The van der Waals surface area contributed by atoms with E-state index in [1.54, 1.807) is 36.7 Å². The number of hydrogen-bond acceptors (Lipinski definition) is 9. The maximum atomic E-state index is 12.6. The molecule has 3 N–H and O–H groups in total. The highest BCUT2D eigenvalue weighted by atomic mass is 35.5. The number of nitrogens with two attached hydrogens (primary N) is 1. The predicted molar refractivity (Wildman–Crippen MR) is 139 cm³/mol. The van der Waals surface area contributed by atoms with Crippen LogP contribution in [-0.4, -0.2) is 43.1 Å². The maximum absolute atomic E-state index is 12.6. The quantitative estimate of drug-likeness (QED) is 0.443. The number of carbonyl (C=O) groups excluding carboxylic acids is 1. The first kappa shape index (κ1) is 25.2. The average molecular weight is 536 g/mol. The van der Waals surface area contributed by atoms with E-state index in [-0.39, 0.29) is 5.75 Å². The van der Waals surface area contributed by atoms with E-state index in [1.807, 2.05) is 11.8 Å². The van der Waals surface area contributed by atoms with E-state index in [1.165, 1.54) is 17.4 Å². The molecule has 0 spiro atoms. The minimum Gasteiger partial charge on any atom is -0.441 e. The van der Waals surface area contributed by atoms with Crippen molar-refractivity contribution < 1.29 is 17.6 Å². The lowest BCUT2D eigenvalue weighted by atomic mass is 9.96. The van der Waals surface area contributed by atoms with E-state index in [0.29, 0.717) is 53.2 Å². The number of rotatable bonds is 8. The summed E-state index contributed by atoms with van der Waals surface area (Å²) in [4.78, 5) is 24.2. The Morgan fingerprint density at radius 1 is 1.31 bits per heavy atom.